The van der Waals surface area contributed by atoms with Crippen LogP contribution in [0.3, 0.4) is 0 Å². The average molecular weight is 449 g/mol. The molecule has 3 aliphatic rings. The third-order valence-electron chi connectivity index (χ3n) is 7.03. The summed E-state index contributed by atoms with van der Waals surface area (Å²) in [6.45, 7) is 8.55. The molecule has 0 radical (unpaired) electrons. The number of nitrogens with one attached hydrogen (secondary N) is 1. The molecule has 2 heterocycles. The number of ether oxygens (including phenoxy) is 2. The van der Waals surface area contributed by atoms with Crippen LogP contribution in [0.5, 0.6) is 5.75 Å². The molecule has 1 aliphatic carbocycles. The summed E-state index contributed by atoms with van der Waals surface area (Å²) in [5.41, 5.74) is 0.625. The van der Waals surface area contributed by atoms with Crippen LogP contribution >= 0.6 is 11.6 Å². The fourth-order valence-electron chi connectivity index (χ4n) is 5.34. The number of amides is 1. The highest BCUT2D eigenvalue weighted by atomic mass is 35.5. The van der Waals surface area contributed by atoms with Gasteiger partial charge >= 0.3 is 0 Å². The molecule has 0 unspecified atom stereocenters. The molecular formula is C25H37ClN2O3. The number of halogens is 1. The molecule has 172 valence electrons. The van der Waals surface area contributed by atoms with E-state index in [9.17, 15) is 4.79 Å². The molecule has 6 heteroatoms. The number of hydrogen-bond acceptors (Lipinski definition) is 4. The Morgan fingerprint density at radius 1 is 1.19 bits per heavy atom. The van der Waals surface area contributed by atoms with Gasteiger partial charge in [0.25, 0.3) is 5.91 Å². The summed E-state index contributed by atoms with van der Waals surface area (Å²) in [6, 6.07) is 5.72. The maximum Gasteiger partial charge on any atom is 0.251 e. The van der Waals surface area contributed by atoms with Crippen molar-refractivity contribution in [3.05, 3.63) is 28.8 Å². The maximum absolute atomic E-state index is 12.5. The number of piperidine rings is 1. The normalized spacial score (nSPS) is 25.5. The Bertz CT molecular complexity index is 755. The number of benzene rings is 1. The SMILES string of the molecule is CC1(C)C[C@H](CN2CCC(Oc3ccc(C(=O)NC4CCCC4)cc3Cl)CC2)CCO1. The molecule has 1 amide bonds. The van der Waals surface area contributed by atoms with Crippen LogP contribution in [0, 0.1) is 5.92 Å². The Morgan fingerprint density at radius 3 is 2.61 bits per heavy atom. The zero-order chi connectivity index (χ0) is 21.8. The van der Waals surface area contributed by atoms with Crippen molar-refractivity contribution >= 4 is 17.5 Å². The number of hydrogen-bond donors (Lipinski definition) is 1. The van der Waals surface area contributed by atoms with Gasteiger partial charge in [0.1, 0.15) is 11.9 Å². The van der Waals surface area contributed by atoms with E-state index in [1.165, 1.54) is 12.8 Å². The second kappa shape index (κ2) is 10.1. The van der Waals surface area contributed by atoms with Crippen LogP contribution in [-0.2, 0) is 4.74 Å². The molecular weight excluding hydrogens is 412 g/mol. The van der Waals surface area contributed by atoms with Crippen molar-refractivity contribution in [1.82, 2.24) is 10.2 Å². The Kier molecular flexibility index (Phi) is 7.45. The number of carbonyl (C=O) groups is 1. The van der Waals surface area contributed by atoms with Gasteiger partial charge in [0.15, 0.2) is 0 Å². The minimum absolute atomic E-state index is 0.0151. The van der Waals surface area contributed by atoms with Gasteiger partial charge in [0.05, 0.1) is 10.6 Å². The monoisotopic (exact) mass is 448 g/mol. The van der Waals surface area contributed by atoms with Gasteiger partial charge in [-0.3, -0.25) is 4.79 Å². The van der Waals surface area contributed by atoms with E-state index in [0.717, 1.165) is 70.7 Å². The third-order valence-corrected chi connectivity index (χ3v) is 7.32. The molecule has 0 bridgehead atoms. The second-order valence-corrected chi connectivity index (χ2v) is 10.6. The van der Waals surface area contributed by atoms with E-state index in [0.29, 0.717) is 22.4 Å². The summed E-state index contributed by atoms with van der Waals surface area (Å²) in [7, 11) is 0. The lowest BCUT2D eigenvalue weighted by atomic mass is 9.87. The van der Waals surface area contributed by atoms with E-state index in [1.807, 2.05) is 12.1 Å². The van der Waals surface area contributed by atoms with E-state index in [1.54, 1.807) is 6.07 Å². The summed E-state index contributed by atoms with van der Waals surface area (Å²) < 4.78 is 12.1. The molecule has 1 saturated carbocycles. The zero-order valence-electron chi connectivity index (χ0n) is 19.0. The molecule has 31 heavy (non-hydrogen) atoms. The fraction of sp³-hybridized carbons (Fsp3) is 0.720. The van der Waals surface area contributed by atoms with Crippen LogP contribution in [0.4, 0.5) is 0 Å². The first-order valence-corrected chi connectivity index (χ1v) is 12.4. The minimum Gasteiger partial charge on any atom is -0.489 e. The van der Waals surface area contributed by atoms with E-state index in [-0.39, 0.29) is 17.6 Å². The van der Waals surface area contributed by atoms with Gasteiger partial charge in [0, 0.05) is 37.8 Å². The molecule has 0 spiro atoms. The highest BCUT2D eigenvalue weighted by Crippen LogP contribution is 2.31. The lowest BCUT2D eigenvalue weighted by Gasteiger charge is -2.39. The quantitative estimate of drug-likeness (QED) is 0.660. The van der Waals surface area contributed by atoms with Crippen molar-refractivity contribution < 1.29 is 14.3 Å². The van der Waals surface area contributed by atoms with Crippen LogP contribution in [0.25, 0.3) is 0 Å². The summed E-state index contributed by atoms with van der Waals surface area (Å²) in [5.74, 6) is 1.37. The van der Waals surface area contributed by atoms with Gasteiger partial charge in [0.2, 0.25) is 0 Å². The molecule has 5 nitrogen and oxygen atoms in total. The Labute approximate surface area is 191 Å². The van der Waals surface area contributed by atoms with Crippen molar-refractivity contribution in [2.24, 2.45) is 5.92 Å². The molecule has 1 N–H and O–H groups in total. The first-order valence-electron chi connectivity index (χ1n) is 12.0. The van der Waals surface area contributed by atoms with Crippen LogP contribution in [-0.4, -0.2) is 54.8 Å². The topological polar surface area (TPSA) is 50.8 Å². The largest absolute Gasteiger partial charge is 0.489 e. The Morgan fingerprint density at radius 2 is 1.94 bits per heavy atom. The lowest BCUT2D eigenvalue weighted by molar-refractivity contribution is -0.0782. The van der Waals surface area contributed by atoms with Gasteiger partial charge in [-0.1, -0.05) is 24.4 Å². The number of likely N-dealkylation sites (tertiary alicyclic amines) is 1. The Hall–Kier alpha value is -1.30. The van der Waals surface area contributed by atoms with Crippen molar-refractivity contribution in [1.29, 1.82) is 0 Å². The fourth-order valence-corrected chi connectivity index (χ4v) is 5.57. The van der Waals surface area contributed by atoms with Crippen molar-refractivity contribution in [3.63, 3.8) is 0 Å². The van der Waals surface area contributed by atoms with Crippen molar-refractivity contribution in [3.8, 4) is 5.75 Å². The number of carbonyl (C=O) groups excluding carboxylic acids is 1. The first kappa shape index (κ1) is 22.9. The molecule has 1 aromatic carbocycles. The molecule has 4 rings (SSSR count). The highest BCUT2D eigenvalue weighted by molar-refractivity contribution is 6.32. The summed E-state index contributed by atoms with van der Waals surface area (Å²) >= 11 is 6.47. The van der Waals surface area contributed by atoms with Crippen LogP contribution in [0.1, 0.15) is 75.6 Å². The van der Waals surface area contributed by atoms with Crippen molar-refractivity contribution in [2.75, 3.05) is 26.2 Å². The van der Waals surface area contributed by atoms with Gasteiger partial charge < -0.3 is 19.7 Å². The average Bonchev–Trinajstić information content (AvgIpc) is 3.23. The summed E-state index contributed by atoms with van der Waals surface area (Å²) in [6.07, 6.45) is 9.04. The summed E-state index contributed by atoms with van der Waals surface area (Å²) in [4.78, 5) is 15.0. The molecule has 2 aliphatic heterocycles. The highest BCUT2D eigenvalue weighted by Gasteiger charge is 2.31. The molecule has 0 aromatic heterocycles. The number of nitrogens with zero attached hydrogens (tertiary/aromatic N) is 1. The standard InChI is InChI=1S/C25H37ClN2O3/c1-25(2)16-18(11-14-30-25)17-28-12-9-21(10-13-28)31-23-8-7-19(15-22(23)26)24(29)27-20-5-3-4-6-20/h7-8,15,18,20-21H,3-6,9-14,16-17H2,1-2H3,(H,27,29)/t18-/m1/s1. The molecule has 1 atom stereocenters. The first-order chi connectivity index (χ1) is 14.9. The Balaban J connectivity index is 1.24. The second-order valence-electron chi connectivity index (χ2n) is 10.2. The van der Waals surface area contributed by atoms with Crippen LogP contribution in [0.2, 0.25) is 5.02 Å². The van der Waals surface area contributed by atoms with E-state index < -0.39 is 0 Å². The minimum atomic E-state index is -0.0371. The third kappa shape index (κ3) is 6.36. The van der Waals surface area contributed by atoms with Gasteiger partial charge in [-0.25, -0.2) is 0 Å². The predicted molar refractivity (Wildman–Crippen MR) is 124 cm³/mol. The zero-order valence-corrected chi connectivity index (χ0v) is 19.8. The maximum atomic E-state index is 12.5. The van der Waals surface area contributed by atoms with E-state index in [2.05, 4.69) is 24.1 Å². The van der Waals surface area contributed by atoms with Gasteiger partial charge in [-0.05, 0) is 76.5 Å². The lowest BCUT2D eigenvalue weighted by Crippen LogP contribution is -2.44. The van der Waals surface area contributed by atoms with Gasteiger partial charge in [-0.2, -0.15) is 0 Å². The molecule has 1 aromatic rings. The smallest absolute Gasteiger partial charge is 0.251 e. The van der Waals surface area contributed by atoms with Gasteiger partial charge in [-0.15, -0.1) is 0 Å². The van der Waals surface area contributed by atoms with Crippen LogP contribution in [0.15, 0.2) is 18.2 Å². The van der Waals surface area contributed by atoms with Crippen molar-refractivity contribution in [2.45, 2.75) is 83.0 Å². The molecule has 3 fully saturated rings. The predicted octanol–water partition coefficient (Wildman–Crippen LogP) is 5.06. The number of rotatable bonds is 6. The van der Waals surface area contributed by atoms with Crippen LogP contribution < -0.4 is 10.1 Å². The molecule has 2 saturated heterocycles. The summed E-state index contributed by atoms with van der Waals surface area (Å²) in [5, 5.41) is 3.63. The van der Waals surface area contributed by atoms with E-state index >= 15 is 0 Å². The van der Waals surface area contributed by atoms with E-state index in [4.69, 9.17) is 21.1 Å².